The zero-order valence-electron chi connectivity index (χ0n) is 19.6. The van der Waals surface area contributed by atoms with Gasteiger partial charge in [0.2, 0.25) is 0 Å². The number of amides is 1. The molecule has 0 bridgehead atoms. The number of benzene rings is 2. The van der Waals surface area contributed by atoms with Gasteiger partial charge in [-0.2, -0.15) is 0 Å². The van der Waals surface area contributed by atoms with Gasteiger partial charge < -0.3 is 19.0 Å². The van der Waals surface area contributed by atoms with Gasteiger partial charge in [-0.25, -0.2) is 0 Å². The smallest absolute Gasteiger partial charge is 0.300 e. The average Bonchev–Trinajstić information content (AvgIpc) is 3.34. The molecule has 1 aromatic heterocycles. The molecule has 2 aromatic carbocycles. The maximum absolute atomic E-state index is 13.2. The number of rotatable bonds is 7. The van der Waals surface area contributed by atoms with Crippen molar-refractivity contribution in [3.63, 3.8) is 0 Å². The van der Waals surface area contributed by atoms with Gasteiger partial charge in [-0.3, -0.25) is 14.5 Å². The van der Waals surface area contributed by atoms with Crippen LogP contribution in [0.1, 0.15) is 43.9 Å². The topological polar surface area (TPSA) is 89.2 Å². The third-order valence-corrected chi connectivity index (χ3v) is 5.38. The molecule has 1 N–H and O–H groups in total. The molecule has 176 valence electrons. The van der Waals surface area contributed by atoms with E-state index in [4.69, 9.17) is 13.9 Å². The van der Waals surface area contributed by atoms with Crippen LogP contribution in [0.2, 0.25) is 0 Å². The van der Waals surface area contributed by atoms with Gasteiger partial charge in [-0.15, -0.1) is 0 Å². The SMILES string of the molecule is CCOc1cccc(N2C(=O)C(=O)/C(=C(\O)c3ccc(OC(C)C)cc3)C2c2ccc(C)o2)c1. The van der Waals surface area contributed by atoms with Crippen molar-refractivity contribution in [3.8, 4) is 11.5 Å². The highest BCUT2D eigenvalue weighted by atomic mass is 16.5. The van der Waals surface area contributed by atoms with Gasteiger partial charge in [0.15, 0.2) is 0 Å². The summed E-state index contributed by atoms with van der Waals surface area (Å²) in [5.41, 5.74) is 0.816. The Kier molecular flexibility index (Phi) is 6.45. The molecule has 34 heavy (non-hydrogen) atoms. The Morgan fingerprint density at radius 1 is 1.06 bits per heavy atom. The number of ketones is 1. The van der Waals surface area contributed by atoms with Crippen molar-refractivity contribution >= 4 is 23.1 Å². The lowest BCUT2D eigenvalue weighted by molar-refractivity contribution is -0.132. The molecule has 1 aliphatic rings. The summed E-state index contributed by atoms with van der Waals surface area (Å²) in [6.07, 6.45) is -0.000542. The lowest BCUT2D eigenvalue weighted by atomic mass is 9.99. The van der Waals surface area contributed by atoms with Crippen LogP contribution >= 0.6 is 0 Å². The van der Waals surface area contributed by atoms with E-state index in [0.29, 0.717) is 40.9 Å². The van der Waals surface area contributed by atoms with Crippen LogP contribution in [-0.2, 0) is 9.59 Å². The molecular weight excluding hydrogens is 434 g/mol. The minimum Gasteiger partial charge on any atom is -0.507 e. The molecule has 1 aliphatic heterocycles. The van der Waals surface area contributed by atoms with Gasteiger partial charge in [0, 0.05) is 17.3 Å². The first-order valence-electron chi connectivity index (χ1n) is 11.2. The van der Waals surface area contributed by atoms with Gasteiger partial charge in [0.05, 0.1) is 18.3 Å². The molecule has 1 saturated heterocycles. The minimum absolute atomic E-state index is 0.000542. The standard InChI is InChI=1S/C27H27NO6/c1-5-32-21-8-6-7-19(15-21)28-24(22-14-9-17(4)34-22)23(26(30)27(28)31)25(29)18-10-12-20(13-11-18)33-16(2)3/h6-16,24,29H,5H2,1-4H3/b25-23-. The highest BCUT2D eigenvalue weighted by Gasteiger charge is 2.48. The number of furan rings is 1. The fourth-order valence-corrected chi connectivity index (χ4v) is 3.98. The molecule has 0 spiro atoms. The van der Waals surface area contributed by atoms with Gasteiger partial charge in [0.1, 0.15) is 34.8 Å². The van der Waals surface area contributed by atoms with E-state index < -0.39 is 17.7 Å². The molecule has 1 atom stereocenters. The first kappa shape index (κ1) is 23.2. The lowest BCUT2D eigenvalue weighted by Crippen LogP contribution is -2.29. The second-order valence-electron chi connectivity index (χ2n) is 8.24. The summed E-state index contributed by atoms with van der Waals surface area (Å²) >= 11 is 0. The molecule has 7 heteroatoms. The van der Waals surface area contributed by atoms with Crippen molar-refractivity contribution < 1.29 is 28.6 Å². The van der Waals surface area contributed by atoms with Crippen molar-refractivity contribution in [2.24, 2.45) is 0 Å². The Morgan fingerprint density at radius 2 is 1.79 bits per heavy atom. The summed E-state index contributed by atoms with van der Waals surface area (Å²) in [4.78, 5) is 27.8. The van der Waals surface area contributed by atoms with Crippen molar-refractivity contribution in [1.29, 1.82) is 0 Å². The van der Waals surface area contributed by atoms with E-state index in [0.717, 1.165) is 0 Å². The molecule has 1 amide bonds. The maximum atomic E-state index is 13.2. The largest absolute Gasteiger partial charge is 0.507 e. The number of aliphatic hydroxyl groups excluding tert-OH is 1. The Hall–Kier alpha value is -4.00. The van der Waals surface area contributed by atoms with E-state index in [1.165, 1.54) is 4.90 Å². The number of aryl methyl sites for hydroxylation is 1. The third kappa shape index (κ3) is 4.41. The first-order chi connectivity index (χ1) is 16.3. The molecule has 2 heterocycles. The number of carbonyl (C=O) groups excluding carboxylic acids is 2. The Labute approximate surface area is 198 Å². The Bertz CT molecular complexity index is 1240. The summed E-state index contributed by atoms with van der Waals surface area (Å²) < 4.78 is 17.1. The number of hydrogen-bond donors (Lipinski definition) is 1. The summed E-state index contributed by atoms with van der Waals surface area (Å²) in [5, 5.41) is 11.2. The lowest BCUT2D eigenvalue weighted by Gasteiger charge is -2.24. The average molecular weight is 462 g/mol. The summed E-state index contributed by atoms with van der Waals surface area (Å²) in [6.45, 7) is 7.93. The predicted molar refractivity (Wildman–Crippen MR) is 128 cm³/mol. The predicted octanol–water partition coefficient (Wildman–Crippen LogP) is 5.40. The second kappa shape index (κ2) is 9.47. The number of anilines is 1. The third-order valence-electron chi connectivity index (χ3n) is 5.38. The van der Waals surface area contributed by atoms with E-state index in [1.807, 2.05) is 20.8 Å². The van der Waals surface area contributed by atoms with Gasteiger partial charge in [-0.1, -0.05) is 6.07 Å². The molecule has 1 unspecified atom stereocenters. The van der Waals surface area contributed by atoms with Crippen LogP contribution in [0.4, 0.5) is 5.69 Å². The summed E-state index contributed by atoms with van der Waals surface area (Å²) in [6, 6.07) is 16.2. The zero-order valence-corrected chi connectivity index (χ0v) is 19.6. The summed E-state index contributed by atoms with van der Waals surface area (Å²) in [5.74, 6) is 0.375. The van der Waals surface area contributed by atoms with Gasteiger partial charge in [-0.05, 0) is 76.2 Å². The highest BCUT2D eigenvalue weighted by molar-refractivity contribution is 6.51. The maximum Gasteiger partial charge on any atom is 0.300 e. The molecule has 1 fully saturated rings. The number of Topliss-reactive ketones (excluding diaryl/α,β-unsaturated/α-hetero) is 1. The Morgan fingerprint density at radius 3 is 2.41 bits per heavy atom. The first-order valence-corrected chi connectivity index (χ1v) is 11.2. The zero-order chi connectivity index (χ0) is 24.4. The van der Waals surface area contributed by atoms with Gasteiger partial charge in [0.25, 0.3) is 11.7 Å². The van der Waals surface area contributed by atoms with Crippen molar-refractivity contribution in [2.45, 2.75) is 39.8 Å². The fourth-order valence-electron chi connectivity index (χ4n) is 3.98. The molecule has 4 rings (SSSR count). The van der Waals surface area contributed by atoms with Crippen molar-refractivity contribution in [2.75, 3.05) is 11.5 Å². The van der Waals surface area contributed by atoms with Crippen LogP contribution in [-0.4, -0.2) is 29.5 Å². The number of nitrogens with zero attached hydrogens (tertiary/aromatic N) is 1. The van der Waals surface area contributed by atoms with Crippen molar-refractivity contribution in [1.82, 2.24) is 0 Å². The van der Waals surface area contributed by atoms with Crippen LogP contribution in [0.15, 0.2) is 70.7 Å². The molecular formula is C27H27NO6. The number of carbonyl (C=O) groups is 2. The van der Waals surface area contributed by atoms with Crippen LogP contribution in [0.3, 0.4) is 0 Å². The molecule has 0 aliphatic carbocycles. The van der Waals surface area contributed by atoms with Crippen LogP contribution < -0.4 is 14.4 Å². The highest BCUT2D eigenvalue weighted by Crippen LogP contribution is 2.43. The molecule has 0 saturated carbocycles. The van der Waals surface area contributed by atoms with E-state index in [-0.39, 0.29) is 17.4 Å². The quantitative estimate of drug-likeness (QED) is 0.288. The van der Waals surface area contributed by atoms with E-state index in [1.54, 1.807) is 67.6 Å². The monoisotopic (exact) mass is 461 g/mol. The normalized spacial score (nSPS) is 17.4. The van der Waals surface area contributed by atoms with E-state index in [2.05, 4.69) is 0 Å². The van der Waals surface area contributed by atoms with Crippen LogP contribution in [0.25, 0.3) is 5.76 Å². The number of aliphatic hydroxyl groups is 1. The molecule has 7 nitrogen and oxygen atoms in total. The van der Waals surface area contributed by atoms with Crippen molar-refractivity contribution in [3.05, 3.63) is 83.3 Å². The molecule has 3 aromatic rings. The van der Waals surface area contributed by atoms with Crippen LogP contribution in [0, 0.1) is 6.92 Å². The second-order valence-corrected chi connectivity index (χ2v) is 8.24. The minimum atomic E-state index is -0.933. The number of ether oxygens (including phenoxy) is 2. The molecule has 0 radical (unpaired) electrons. The van der Waals surface area contributed by atoms with E-state index >= 15 is 0 Å². The Balaban J connectivity index is 1.83. The fraction of sp³-hybridized carbons (Fsp3) is 0.259. The van der Waals surface area contributed by atoms with E-state index in [9.17, 15) is 14.7 Å². The summed E-state index contributed by atoms with van der Waals surface area (Å²) in [7, 11) is 0. The van der Waals surface area contributed by atoms with Crippen LogP contribution in [0.5, 0.6) is 11.5 Å². The number of hydrogen-bond acceptors (Lipinski definition) is 6. The van der Waals surface area contributed by atoms with Gasteiger partial charge >= 0.3 is 0 Å².